The monoisotopic (exact) mass is 739 g/mol. The van der Waals surface area contributed by atoms with Crippen LogP contribution in [0.3, 0.4) is 0 Å². The molecule has 0 fully saturated rings. The Hall–Kier alpha value is -6.26. The Balaban J connectivity index is 1.45. The third kappa shape index (κ3) is 6.92. The first-order valence-electron chi connectivity index (χ1n) is 22.8. The van der Waals surface area contributed by atoms with E-state index in [9.17, 15) is 6.48 Å². The molecule has 0 atom stereocenters. The summed E-state index contributed by atoms with van der Waals surface area (Å²) in [7, 11) is 0. The molecular weight excluding hydrogens is 683 g/mol. The summed E-state index contributed by atoms with van der Waals surface area (Å²) in [5, 5.41) is 11.8. The van der Waals surface area contributed by atoms with Crippen LogP contribution in [0.5, 0.6) is 5.75 Å². The van der Waals surface area contributed by atoms with Crippen LogP contribution in [0.15, 0.2) is 146 Å². The van der Waals surface area contributed by atoms with E-state index in [2.05, 4.69) is 87.5 Å². The standard InChI is InChI=1S/C52H49N3O/c1-33-26-34(2)49(56)44(27-33)50-54-48-42(20-15-21-47(48)55(50)46-23-22-40(51(3,4)5)32-43(46)36-18-13-10-14-19-36)38-28-39(30-41(29-38)52(6,7)8)45-31-37(24-25-53-45)35-16-11-9-12-17-35/h9-32,56H,1-8H3/i9D,11D,12D,16D,17D,24D,25D,31D. The number of nitrogens with zero attached hydrogens (tertiary/aromatic N) is 3. The maximum Gasteiger partial charge on any atom is 0.149 e. The van der Waals surface area contributed by atoms with Gasteiger partial charge in [-0.1, -0.05) is 132 Å². The second-order valence-electron chi connectivity index (χ2n) is 16.5. The van der Waals surface area contributed by atoms with Crippen molar-refractivity contribution in [2.24, 2.45) is 0 Å². The van der Waals surface area contributed by atoms with Gasteiger partial charge in [-0.05, 0) is 118 Å². The molecule has 0 aliphatic rings. The molecular formula is C52H49N3O. The molecule has 6 aromatic carbocycles. The van der Waals surface area contributed by atoms with Gasteiger partial charge in [0.05, 0.1) is 38.9 Å². The molecule has 4 heteroatoms. The Bertz CT molecular complexity index is 3170. The van der Waals surface area contributed by atoms with Gasteiger partial charge in [0.25, 0.3) is 0 Å². The van der Waals surface area contributed by atoms with E-state index in [1.807, 2.05) is 74.5 Å². The van der Waals surface area contributed by atoms with Crippen LogP contribution in [-0.4, -0.2) is 19.6 Å². The lowest BCUT2D eigenvalue weighted by Gasteiger charge is -2.23. The van der Waals surface area contributed by atoms with Crippen molar-refractivity contribution in [3.05, 3.63) is 168 Å². The molecule has 0 bridgehead atoms. The number of hydrogen-bond acceptors (Lipinski definition) is 3. The van der Waals surface area contributed by atoms with E-state index in [1.165, 1.54) is 0 Å². The minimum atomic E-state index is -0.598. The fraction of sp³-hybridized carbons (Fsp3) is 0.192. The van der Waals surface area contributed by atoms with Crippen LogP contribution >= 0.6 is 0 Å². The van der Waals surface area contributed by atoms with Crippen LogP contribution < -0.4 is 0 Å². The fourth-order valence-electron chi connectivity index (χ4n) is 7.24. The van der Waals surface area contributed by atoms with E-state index in [4.69, 9.17) is 14.6 Å². The molecule has 0 unspecified atom stereocenters. The van der Waals surface area contributed by atoms with Gasteiger partial charge in [0.15, 0.2) is 0 Å². The van der Waals surface area contributed by atoms with E-state index < -0.39 is 47.8 Å². The van der Waals surface area contributed by atoms with Gasteiger partial charge in [-0.3, -0.25) is 9.55 Å². The predicted octanol–water partition coefficient (Wildman–Crippen LogP) is 13.7. The van der Waals surface area contributed by atoms with E-state index in [0.29, 0.717) is 22.5 Å². The normalized spacial score (nSPS) is 14.0. The summed E-state index contributed by atoms with van der Waals surface area (Å²) in [5.74, 6) is 0.671. The van der Waals surface area contributed by atoms with Gasteiger partial charge in [0.1, 0.15) is 11.6 Å². The molecule has 8 aromatic rings. The number of benzene rings is 6. The average molecular weight is 740 g/mol. The molecule has 8 rings (SSSR count). The second kappa shape index (κ2) is 14.1. The lowest BCUT2D eigenvalue weighted by molar-refractivity contribution is 0.472. The lowest BCUT2D eigenvalue weighted by Crippen LogP contribution is -2.12. The lowest BCUT2D eigenvalue weighted by atomic mass is 9.83. The summed E-state index contributed by atoms with van der Waals surface area (Å²) in [6, 6.07) is 28.7. The van der Waals surface area contributed by atoms with Crippen LogP contribution in [-0.2, 0) is 10.8 Å². The van der Waals surface area contributed by atoms with Crippen LogP contribution in [0.25, 0.3) is 72.7 Å². The zero-order valence-electron chi connectivity index (χ0n) is 41.0. The van der Waals surface area contributed by atoms with Gasteiger partial charge < -0.3 is 5.11 Å². The van der Waals surface area contributed by atoms with E-state index in [0.717, 1.165) is 55.7 Å². The van der Waals surface area contributed by atoms with Crippen molar-refractivity contribution >= 4 is 11.0 Å². The Morgan fingerprint density at radius 3 is 2.07 bits per heavy atom. The SMILES string of the molecule is [2H]c1nc(-c2cc(-c3cccc4c3nc(-c3cc(C)cc(C)c3O)n4-c3ccc(C(C)(C)C)cc3-c3ccccc3)cc(C(C)(C)C)c2)c([2H])c(-c2c([2H])c([2H])c([2H])c([2H])c2[2H])c1[2H]. The maximum atomic E-state index is 11.8. The molecule has 1 N–H and O–H groups in total. The van der Waals surface area contributed by atoms with Crippen molar-refractivity contribution in [2.45, 2.75) is 66.2 Å². The molecule has 2 aromatic heterocycles. The number of para-hydroxylation sites is 1. The van der Waals surface area contributed by atoms with Crippen molar-refractivity contribution in [2.75, 3.05) is 0 Å². The molecule has 0 amide bonds. The number of aromatic nitrogens is 3. The molecule has 278 valence electrons. The number of hydrogen-bond donors (Lipinski definition) is 1. The van der Waals surface area contributed by atoms with Gasteiger partial charge in [-0.25, -0.2) is 4.98 Å². The Morgan fingerprint density at radius 1 is 0.607 bits per heavy atom. The van der Waals surface area contributed by atoms with Gasteiger partial charge in [-0.2, -0.15) is 0 Å². The maximum absolute atomic E-state index is 11.8. The number of imidazole rings is 1. The first-order valence-corrected chi connectivity index (χ1v) is 18.8. The smallest absolute Gasteiger partial charge is 0.149 e. The summed E-state index contributed by atoms with van der Waals surface area (Å²) in [6.45, 7) is 16.6. The minimum absolute atomic E-state index is 0.0279. The van der Waals surface area contributed by atoms with Crippen molar-refractivity contribution in [3.63, 3.8) is 0 Å². The first kappa shape index (κ1) is 28.2. The predicted molar refractivity (Wildman–Crippen MR) is 235 cm³/mol. The van der Waals surface area contributed by atoms with Crippen LogP contribution in [0.1, 0.15) is 74.8 Å². The minimum Gasteiger partial charge on any atom is -0.507 e. The highest BCUT2D eigenvalue weighted by Gasteiger charge is 2.25. The third-order valence-electron chi connectivity index (χ3n) is 10.3. The topological polar surface area (TPSA) is 50.9 Å². The molecule has 0 spiro atoms. The molecule has 0 aliphatic carbocycles. The van der Waals surface area contributed by atoms with Gasteiger partial charge in [0.2, 0.25) is 0 Å². The zero-order chi connectivity index (χ0) is 46.3. The Kier molecular flexibility index (Phi) is 7.10. The molecule has 0 radical (unpaired) electrons. The highest BCUT2D eigenvalue weighted by atomic mass is 16.3. The third-order valence-corrected chi connectivity index (χ3v) is 10.3. The highest BCUT2D eigenvalue weighted by Crippen LogP contribution is 2.43. The molecule has 56 heavy (non-hydrogen) atoms. The van der Waals surface area contributed by atoms with Gasteiger partial charge in [0, 0.05) is 22.9 Å². The highest BCUT2D eigenvalue weighted by molar-refractivity contribution is 5.98. The van der Waals surface area contributed by atoms with E-state index in [-0.39, 0.29) is 34.0 Å². The molecule has 0 saturated heterocycles. The summed E-state index contributed by atoms with van der Waals surface area (Å²) in [4.78, 5) is 9.87. The zero-order valence-corrected chi connectivity index (χ0v) is 33.0. The van der Waals surface area contributed by atoms with E-state index >= 15 is 0 Å². The molecule has 0 aliphatic heterocycles. The summed E-state index contributed by atoms with van der Waals surface area (Å²) < 4.78 is 71.3. The number of pyridine rings is 1. The number of fused-ring (bicyclic) bond motifs is 1. The summed E-state index contributed by atoms with van der Waals surface area (Å²) in [6.07, 6.45) is -0.499. The van der Waals surface area contributed by atoms with Gasteiger partial charge in [-0.15, -0.1) is 0 Å². The number of rotatable bonds is 6. The fourth-order valence-corrected chi connectivity index (χ4v) is 7.24. The number of aromatic hydroxyl groups is 1. The summed E-state index contributed by atoms with van der Waals surface area (Å²) >= 11 is 0. The van der Waals surface area contributed by atoms with Crippen LogP contribution in [0.4, 0.5) is 0 Å². The quantitative estimate of drug-likeness (QED) is 0.185. The molecule has 4 nitrogen and oxygen atoms in total. The van der Waals surface area contributed by atoms with Crippen molar-refractivity contribution in [1.29, 1.82) is 0 Å². The Labute approximate surface area is 342 Å². The van der Waals surface area contributed by atoms with Crippen LogP contribution in [0.2, 0.25) is 0 Å². The van der Waals surface area contributed by atoms with Crippen LogP contribution in [0, 0.1) is 13.8 Å². The van der Waals surface area contributed by atoms with E-state index in [1.54, 1.807) is 0 Å². The molecule has 2 heterocycles. The Morgan fingerprint density at radius 2 is 1.34 bits per heavy atom. The number of phenols is 1. The van der Waals surface area contributed by atoms with Gasteiger partial charge >= 0.3 is 0 Å². The van der Waals surface area contributed by atoms with Crippen molar-refractivity contribution in [1.82, 2.24) is 14.5 Å². The van der Waals surface area contributed by atoms with Crippen molar-refractivity contribution < 1.29 is 16.1 Å². The largest absolute Gasteiger partial charge is 0.507 e. The second-order valence-corrected chi connectivity index (χ2v) is 16.5. The number of phenolic OH excluding ortho intramolecular Hbond substituents is 1. The number of aryl methyl sites for hydroxylation is 2. The average Bonchev–Trinajstić information content (AvgIpc) is 3.64. The first-order chi connectivity index (χ1) is 30.1. The summed E-state index contributed by atoms with van der Waals surface area (Å²) in [5.41, 5.74) is 9.41. The molecule has 0 saturated carbocycles. The van der Waals surface area contributed by atoms with Crippen molar-refractivity contribution in [3.8, 4) is 67.5 Å².